The minimum atomic E-state index is -0.705. The van der Waals surface area contributed by atoms with E-state index < -0.39 is 17.2 Å². The lowest BCUT2D eigenvalue weighted by atomic mass is 10.3. The fourth-order valence-corrected chi connectivity index (χ4v) is 3.75. The molecule has 10 nitrogen and oxygen atoms in total. The second kappa shape index (κ2) is 7.37. The van der Waals surface area contributed by atoms with Crippen molar-refractivity contribution in [1.82, 2.24) is 24.0 Å². The maximum absolute atomic E-state index is 13.1. The SMILES string of the molecule is Cn1c(=O)c2c(nc(N3CCNCC3)n2-c2ccccc2Cl)n(CC(N)=O)c1=O. The fraction of sp³-hybridized carbons (Fsp3) is 0.333. The topological polar surface area (TPSA) is 120 Å². The molecule has 152 valence electrons. The van der Waals surface area contributed by atoms with E-state index in [9.17, 15) is 14.4 Å². The summed E-state index contributed by atoms with van der Waals surface area (Å²) in [5.41, 5.74) is 4.98. The van der Waals surface area contributed by atoms with E-state index in [1.807, 2.05) is 4.90 Å². The van der Waals surface area contributed by atoms with Gasteiger partial charge in [0.15, 0.2) is 11.2 Å². The summed E-state index contributed by atoms with van der Waals surface area (Å²) in [7, 11) is 1.36. The predicted molar refractivity (Wildman–Crippen MR) is 110 cm³/mol. The first-order chi connectivity index (χ1) is 13.9. The van der Waals surface area contributed by atoms with Crippen molar-refractivity contribution in [1.29, 1.82) is 0 Å². The number of rotatable bonds is 4. The number of nitrogens with two attached hydrogens (primary N) is 1. The van der Waals surface area contributed by atoms with Crippen molar-refractivity contribution in [2.24, 2.45) is 12.8 Å². The molecule has 3 heterocycles. The zero-order valence-electron chi connectivity index (χ0n) is 15.8. The Morgan fingerprint density at radius 1 is 1.24 bits per heavy atom. The lowest BCUT2D eigenvalue weighted by Gasteiger charge is -2.28. The molecule has 29 heavy (non-hydrogen) atoms. The number of imidazole rings is 1. The number of hydrogen-bond acceptors (Lipinski definition) is 6. The van der Waals surface area contributed by atoms with E-state index in [1.165, 1.54) is 7.05 Å². The summed E-state index contributed by atoms with van der Waals surface area (Å²) in [6, 6.07) is 7.08. The molecule has 3 aromatic rings. The molecule has 0 spiro atoms. The summed E-state index contributed by atoms with van der Waals surface area (Å²) in [6.07, 6.45) is 0. The summed E-state index contributed by atoms with van der Waals surface area (Å²) >= 11 is 6.44. The van der Waals surface area contributed by atoms with Crippen molar-refractivity contribution in [2.75, 3.05) is 31.1 Å². The van der Waals surface area contributed by atoms with Crippen LogP contribution in [0.1, 0.15) is 0 Å². The highest BCUT2D eigenvalue weighted by Crippen LogP contribution is 2.29. The van der Waals surface area contributed by atoms with E-state index in [-0.39, 0.29) is 17.7 Å². The summed E-state index contributed by atoms with van der Waals surface area (Å²) in [5, 5.41) is 3.70. The van der Waals surface area contributed by atoms with Gasteiger partial charge in [0.05, 0.1) is 10.7 Å². The quantitative estimate of drug-likeness (QED) is 0.586. The number of carbonyl (C=O) groups is 1. The number of benzene rings is 1. The van der Waals surface area contributed by atoms with Crippen LogP contribution in [0.4, 0.5) is 5.95 Å². The molecule has 11 heteroatoms. The molecular formula is C18H20ClN7O3. The van der Waals surface area contributed by atoms with Gasteiger partial charge in [-0.25, -0.2) is 4.79 Å². The first kappa shape index (κ1) is 19.2. The highest BCUT2D eigenvalue weighted by Gasteiger charge is 2.26. The Balaban J connectivity index is 2.14. The molecule has 2 aromatic heterocycles. The summed E-state index contributed by atoms with van der Waals surface area (Å²) < 4.78 is 3.72. The minimum Gasteiger partial charge on any atom is -0.368 e. The van der Waals surface area contributed by atoms with Gasteiger partial charge in [-0.2, -0.15) is 4.98 Å². The highest BCUT2D eigenvalue weighted by atomic mass is 35.5. The Morgan fingerprint density at radius 2 is 1.93 bits per heavy atom. The van der Waals surface area contributed by atoms with E-state index in [2.05, 4.69) is 10.3 Å². The van der Waals surface area contributed by atoms with Gasteiger partial charge in [0, 0.05) is 33.2 Å². The molecule has 3 N–H and O–H groups in total. The Kier molecular flexibility index (Phi) is 4.89. The molecule has 0 radical (unpaired) electrons. The molecule has 1 fully saturated rings. The van der Waals surface area contributed by atoms with E-state index in [0.717, 1.165) is 22.2 Å². The van der Waals surface area contributed by atoms with Crippen LogP contribution in [0.25, 0.3) is 16.9 Å². The number of hydrogen-bond donors (Lipinski definition) is 2. The Morgan fingerprint density at radius 3 is 2.59 bits per heavy atom. The number of para-hydroxylation sites is 1. The van der Waals surface area contributed by atoms with Crippen LogP contribution in [0.2, 0.25) is 5.02 Å². The van der Waals surface area contributed by atoms with Crippen LogP contribution in [0.3, 0.4) is 0 Å². The maximum atomic E-state index is 13.1. The summed E-state index contributed by atoms with van der Waals surface area (Å²) in [6.45, 7) is 2.43. The Hall–Kier alpha value is -3.11. The number of fused-ring (bicyclic) bond motifs is 1. The van der Waals surface area contributed by atoms with Crippen molar-refractivity contribution >= 4 is 34.6 Å². The lowest BCUT2D eigenvalue weighted by Crippen LogP contribution is -2.44. The first-order valence-electron chi connectivity index (χ1n) is 9.11. The molecule has 1 amide bonds. The monoisotopic (exact) mass is 417 g/mol. The molecule has 1 aliphatic heterocycles. The molecule has 0 atom stereocenters. The molecule has 0 saturated carbocycles. The molecule has 0 unspecified atom stereocenters. The van der Waals surface area contributed by atoms with E-state index in [1.54, 1.807) is 28.8 Å². The number of anilines is 1. The van der Waals surface area contributed by atoms with Crippen molar-refractivity contribution < 1.29 is 4.79 Å². The third-order valence-electron chi connectivity index (χ3n) is 4.93. The smallest absolute Gasteiger partial charge is 0.332 e. The minimum absolute atomic E-state index is 0.102. The largest absolute Gasteiger partial charge is 0.368 e. The third-order valence-corrected chi connectivity index (χ3v) is 5.25. The molecule has 1 aromatic carbocycles. The third kappa shape index (κ3) is 3.19. The van der Waals surface area contributed by atoms with Crippen LogP contribution in [-0.2, 0) is 18.4 Å². The zero-order chi connectivity index (χ0) is 20.7. The summed E-state index contributed by atoms with van der Waals surface area (Å²) in [4.78, 5) is 44.0. The van der Waals surface area contributed by atoms with E-state index >= 15 is 0 Å². The van der Waals surface area contributed by atoms with Crippen LogP contribution >= 0.6 is 11.6 Å². The van der Waals surface area contributed by atoms with Crippen molar-refractivity contribution in [3.63, 3.8) is 0 Å². The standard InChI is InChI=1S/C18H20ClN7O3/c1-23-16(28)14-15(25(18(23)29)10-13(20)27)22-17(24-8-6-21-7-9-24)26(14)12-5-3-2-4-11(12)19/h2-5,21H,6-10H2,1H3,(H2,20,27). The molecule has 1 saturated heterocycles. The number of halogens is 1. The molecular weight excluding hydrogens is 398 g/mol. The van der Waals surface area contributed by atoms with Crippen molar-refractivity contribution in [3.8, 4) is 5.69 Å². The number of piperazine rings is 1. The number of nitrogens with one attached hydrogen (secondary N) is 1. The van der Waals surface area contributed by atoms with Crippen molar-refractivity contribution in [3.05, 3.63) is 50.1 Å². The fourth-order valence-electron chi connectivity index (χ4n) is 3.53. The van der Waals surface area contributed by atoms with Crippen molar-refractivity contribution in [2.45, 2.75) is 6.54 Å². The lowest BCUT2D eigenvalue weighted by molar-refractivity contribution is -0.118. The zero-order valence-corrected chi connectivity index (χ0v) is 16.5. The molecule has 1 aliphatic rings. The molecule has 0 bridgehead atoms. The number of amides is 1. The number of carbonyl (C=O) groups excluding carboxylic acids is 1. The van der Waals surface area contributed by atoms with Gasteiger partial charge >= 0.3 is 5.69 Å². The maximum Gasteiger partial charge on any atom is 0.332 e. The van der Waals surface area contributed by atoms with Crippen LogP contribution in [0.15, 0.2) is 33.9 Å². The average molecular weight is 418 g/mol. The second-order valence-electron chi connectivity index (χ2n) is 6.81. The number of aromatic nitrogens is 4. The highest BCUT2D eigenvalue weighted by molar-refractivity contribution is 6.32. The predicted octanol–water partition coefficient (Wildman–Crippen LogP) is -0.566. The first-order valence-corrected chi connectivity index (χ1v) is 9.49. The van der Waals surface area contributed by atoms with E-state index in [0.29, 0.717) is 29.7 Å². The molecule has 0 aliphatic carbocycles. The normalized spacial score (nSPS) is 14.5. The summed E-state index contributed by atoms with van der Waals surface area (Å²) in [5.74, 6) is -0.224. The van der Waals surface area contributed by atoms with Gasteiger partial charge in [0.1, 0.15) is 6.54 Å². The van der Waals surface area contributed by atoms with Crippen LogP contribution in [-0.4, -0.2) is 50.8 Å². The Bertz CT molecular complexity index is 1220. The van der Waals surface area contributed by atoms with Gasteiger partial charge < -0.3 is 16.0 Å². The molecule has 4 rings (SSSR count). The van der Waals surface area contributed by atoms with Gasteiger partial charge in [-0.05, 0) is 12.1 Å². The Labute approximate surface area is 170 Å². The van der Waals surface area contributed by atoms with Crippen LogP contribution < -0.4 is 27.2 Å². The van der Waals surface area contributed by atoms with Gasteiger partial charge in [0.25, 0.3) is 5.56 Å². The van der Waals surface area contributed by atoms with Crippen LogP contribution in [0.5, 0.6) is 0 Å². The van der Waals surface area contributed by atoms with Gasteiger partial charge in [-0.15, -0.1) is 0 Å². The number of nitrogens with zero attached hydrogens (tertiary/aromatic N) is 5. The van der Waals surface area contributed by atoms with Gasteiger partial charge in [-0.1, -0.05) is 23.7 Å². The average Bonchev–Trinajstić information content (AvgIpc) is 3.11. The second-order valence-corrected chi connectivity index (χ2v) is 7.21. The van der Waals surface area contributed by atoms with E-state index in [4.69, 9.17) is 17.3 Å². The number of primary amides is 1. The van der Waals surface area contributed by atoms with Gasteiger partial charge in [0.2, 0.25) is 11.9 Å². The van der Waals surface area contributed by atoms with Gasteiger partial charge in [-0.3, -0.25) is 23.3 Å². The van der Waals surface area contributed by atoms with Crippen LogP contribution in [0, 0.1) is 0 Å².